The predicted molar refractivity (Wildman–Crippen MR) is 72.3 cm³/mol. The van der Waals surface area contributed by atoms with Gasteiger partial charge in [-0.2, -0.15) is 0 Å². The SMILES string of the molecule is CNC(=O)CNC1=NCC2(CCCCC2)CS1. The summed E-state index contributed by atoms with van der Waals surface area (Å²) in [4.78, 5) is 15.7. The van der Waals surface area contributed by atoms with E-state index in [-0.39, 0.29) is 5.91 Å². The van der Waals surface area contributed by atoms with Gasteiger partial charge in [-0.1, -0.05) is 31.0 Å². The Bertz CT molecular complexity index is 311. The lowest BCUT2D eigenvalue weighted by Crippen LogP contribution is -2.39. The highest BCUT2D eigenvalue weighted by molar-refractivity contribution is 8.13. The zero-order chi connectivity index (χ0) is 12.1. The molecule has 1 heterocycles. The molecule has 0 atom stereocenters. The first-order chi connectivity index (χ1) is 8.24. The monoisotopic (exact) mass is 255 g/mol. The molecular weight excluding hydrogens is 234 g/mol. The molecule has 2 N–H and O–H groups in total. The van der Waals surface area contributed by atoms with Gasteiger partial charge in [0.25, 0.3) is 0 Å². The number of nitrogens with one attached hydrogen (secondary N) is 2. The molecule has 0 radical (unpaired) electrons. The van der Waals surface area contributed by atoms with Crippen molar-refractivity contribution in [3.8, 4) is 0 Å². The predicted octanol–water partition coefficient (Wildman–Crippen LogP) is 1.38. The molecule has 1 spiro atoms. The summed E-state index contributed by atoms with van der Waals surface area (Å²) in [6.45, 7) is 1.27. The van der Waals surface area contributed by atoms with Gasteiger partial charge in [0.1, 0.15) is 0 Å². The lowest BCUT2D eigenvalue weighted by Gasteiger charge is -2.38. The van der Waals surface area contributed by atoms with Crippen LogP contribution in [-0.2, 0) is 4.79 Å². The van der Waals surface area contributed by atoms with Gasteiger partial charge in [0, 0.05) is 19.3 Å². The summed E-state index contributed by atoms with van der Waals surface area (Å²) in [6, 6.07) is 0. The number of hydrogen-bond acceptors (Lipinski definition) is 4. The van der Waals surface area contributed by atoms with E-state index in [1.165, 1.54) is 32.1 Å². The molecule has 4 nitrogen and oxygen atoms in total. The van der Waals surface area contributed by atoms with Crippen molar-refractivity contribution >= 4 is 22.8 Å². The van der Waals surface area contributed by atoms with Gasteiger partial charge < -0.3 is 10.6 Å². The van der Waals surface area contributed by atoms with Crippen LogP contribution in [0.4, 0.5) is 0 Å². The number of hydrogen-bond donors (Lipinski definition) is 2. The van der Waals surface area contributed by atoms with E-state index >= 15 is 0 Å². The lowest BCUT2D eigenvalue weighted by atomic mass is 9.75. The third-order valence-corrected chi connectivity index (χ3v) is 4.97. The molecule has 0 unspecified atom stereocenters. The molecule has 1 amide bonds. The Morgan fingerprint density at radius 3 is 2.76 bits per heavy atom. The third-order valence-electron chi connectivity index (χ3n) is 3.67. The third kappa shape index (κ3) is 3.37. The van der Waals surface area contributed by atoms with Gasteiger partial charge in [0.05, 0.1) is 6.54 Å². The van der Waals surface area contributed by atoms with Crippen molar-refractivity contribution in [3.05, 3.63) is 0 Å². The van der Waals surface area contributed by atoms with Crippen molar-refractivity contribution in [2.75, 3.05) is 25.9 Å². The second-order valence-corrected chi connectivity index (χ2v) is 5.96. The minimum Gasteiger partial charge on any atom is -0.358 e. The topological polar surface area (TPSA) is 53.5 Å². The molecular formula is C12H21N3OS. The molecule has 0 saturated heterocycles. The maximum atomic E-state index is 11.1. The first-order valence-electron chi connectivity index (χ1n) is 6.36. The van der Waals surface area contributed by atoms with E-state index in [1.54, 1.807) is 18.8 Å². The van der Waals surface area contributed by atoms with E-state index in [9.17, 15) is 4.79 Å². The second kappa shape index (κ2) is 5.76. The molecule has 5 heteroatoms. The van der Waals surface area contributed by atoms with E-state index in [1.807, 2.05) is 0 Å². The van der Waals surface area contributed by atoms with Crippen LogP contribution in [0, 0.1) is 5.41 Å². The van der Waals surface area contributed by atoms with Crippen LogP contribution in [0.15, 0.2) is 4.99 Å². The first kappa shape index (κ1) is 12.7. The summed E-state index contributed by atoms with van der Waals surface area (Å²) in [5.74, 6) is 1.17. The zero-order valence-electron chi connectivity index (χ0n) is 10.4. The Kier molecular flexibility index (Phi) is 4.31. The average Bonchev–Trinajstić information content (AvgIpc) is 2.39. The number of carbonyl (C=O) groups is 1. The number of rotatable bonds is 2. The Morgan fingerprint density at radius 1 is 1.41 bits per heavy atom. The van der Waals surface area contributed by atoms with Crippen LogP contribution in [0.3, 0.4) is 0 Å². The van der Waals surface area contributed by atoms with E-state index in [2.05, 4.69) is 15.6 Å². The van der Waals surface area contributed by atoms with Gasteiger partial charge in [0.15, 0.2) is 5.17 Å². The van der Waals surface area contributed by atoms with Gasteiger partial charge in [-0.3, -0.25) is 9.79 Å². The van der Waals surface area contributed by atoms with Crippen LogP contribution in [0.1, 0.15) is 32.1 Å². The van der Waals surface area contributed by atoms with Gasteiger partial charge in [-0.25, -0.2) is 0 Å². The van der Waals surface area contributed by atoms with Crippen LogP contribution in [-0.4, -0.2) is 37.0 Å². The summed E-state index contributed by atoms with van der Waals surface area (Å²) in [5.41, 5.74) is 0.459. The quantitative estimate of drug-likeness (QED) is 0.783. The maximum Gasteiger partial charge on any atom is 0.239 e. The lowest BCUT2D eigenvalue weighted by molar-refractivity contribution is -0.119. The molecule has 1 aliphatic heterocycles. The molecule has 1 saturated carbocycles. The van der Waals surface area contributed by atoms with Gasteiger partial charge in [-0.05, 0) is 18.3 Å². The zero-order valence-corrected chi connectivity index (χ0v) is 11.2. The highest BCUT2D eigenvalue weighted by atomic mass is 32.2. The highest BCUT2D eigenvalue weighted by Gasteiger charge is 2.34. The van der Waals surface area contributed by atoms with E-state index in [0.29, 0.717) is 12.0 Å². The fraction of sp³-hybridized carbons (Fsp3) is 0.833. The standard InChI is InChI=1S/C12H21N3OS/c1-13-10(16)7-14-11-15-8-12(9-17-11)5-3-2-4-6-12/h2-9H2,1H3,(H,13,16)(H,14,15). The molecule has 0 aromatic rings. The molecule has 2 aliphatic rings. The summed E-state index contributed by atoms with van der Waals surface area (Å²) in [5, 5.41) is 6.63. The Hall–Kier alpha value is -0.710. The van der Waals surface area contributed by atoms with E-state index in [4.69, 9.17) is 0 Å². The van der Waals surface area contributed by atoms with Gasteiger partial charge >= 0.3 is 0 Å². The van der Waals surface area contributed by atoms with Crippen molar-refractivity contribution < 1.29 is 4.79 Å². The van der Waals surface area contributed by atoms with Crippen molar-refractivity contribution in [2.45, 2.75) is 32.1 Å². The molecule has 0 aromatic heterocycles. The number of aliphatic imine (C=N–C) groups is 1. The molecule has 1 aliphatic carbocycles. The Labute approximate surface area is 107 Å². The minimum absolute atomic E-state index is 0.00579. The maximum absolute atomic E-state index is 11.1. The van der Waals surface area contributed by atoms with E-state index < -0.39 is 0 Å². The molecule has 17 heavy (non-hydrogen) atoms. The molecule has 0 aromatic carbocycles. The van der Waals surface area contributed by atoms with Gasteiger partial charge in [0.2, 0.25) is 5.91 Å². The fourth-order valence-corrected chi connectivity index (χ4v) is 3.66. The minimum atomic E-state index is 0.00579. The summed E-state index contributed by atoms with van der Waals surface area (Å²) >= 11 is 1.78. The summed E-state index contributed by atoms with van der Waals surface area (Å²) < 4.78 is 0. The smallest absolute Gasteiger partial charge is 0.239 e. The number of thioether (sulfide) groups is 1. The molecule has 1 fully saturated rings. The first-order valence-corrected chi connectivity index (χ1v) is 7.34. The van der Waals surface area contributed by atoms with Crippen LogP contribution in [0.5, 0.6) is 0 Å². The Balaban J connectivity index is 1.82. The highest BCUT2D eigenvalue weighted by Crippen LogP contribution is 2.41. The van der Waals surface area contributed by atoms with Crippen molar-refractivity contribution in [2.24, 2.45) is 10.4 Å². The van der Waals surface area contributed by atoms with Crippen molar-refractivity contribution in [1.82, 2.24) is 10.6 Å². The van der Waals surface area contributed by atoms with Crippen LogP contribution < -0.4 is 10.6 Å². The van der Waals surface area contributed by atoms with Crippen molar-refractivity contribution in [1.29, 1.82) is 0 Å². The summed E-state index contributed by atoms with van der Waals surface area (Å²) in [6.07, 6.45) is 6.75. The number of amides is 1. The molecule has 96 valence electrons. The Morgan fingerprint density at radius 2 is 2.18 bits per heavy atom. The number of carbonyl (C=O) groups excluding carboxylic acids is 1. The van der Waals surface area contributed by atoms with Crippen LogP contribution >= 0.6 is 11.8 Å². The average molecular weight is 255 g/mol. The number of amidine groups is 1. The second-order valence-electron chi connectivity index (χ2n) is 5.00. The number of likely N-dealkylation sites (N-methyl/N-ethyl adjacent to an activating group) is 1. The number of nitrogens with zero attached hydrogens (tertiary/aromatic N) is 1. The largest absolute Gasteiger partial charge is 0.358 e. The van der Waals surface area contributed by atoms with Crippen molar-refractivity contribution in [3.63, 3.8) is 0 Å². The van der Waals surface area contributed by atoms with Crippen LogP contribution in [0.25, 0.3) is 0 Å². The fourth-order valence-electron chi connectivity index (χ4n) is 2.51. The van der Waals surface area contributed by atoms with Crippen LogP contribution in [0.2, 0.25) is 0 Å². The molecule has 2 rings (SSSR count). The summed E-state index contributed by atoms with van der Waals surface area (Å²) in [7, 11) is 1.65. The van der Waals surface area contributed by atoms with Gasteiger partial charge in [-0.15, -0.1) is 0 Å². The molecule has 0 bridgehead atoms. The van der Waals surface area contributed by atoms with E-state index in [0.717, 1.165) is 17.5 Å². The normalized spacial score (nSPS) is 23.0.